The van der Waals surface area contributed by atoms with Crippen LogP contribution in [-0.2, 0) is 16.6 Å². The molecule has 1 aliphatic heterocycles. The van der Waals surface area contributed by atoms with Gasteiger partial charge in [0.05, 0.1) is 0 Å². The van der Waals surface area contributed by atoms with Crippen LogP contribution in [0.4, 0.5) is 4.39 Å². The van der Waals surface area contributed by atoms with Gasteiger partial charge in [-0.05, 0) is 43.9 Å². The molecule has 0 amide bonds. The van der Waals surface area contributed by atoms with E-state index in [-0.39, 0.29) is 4.90 Å². The summed E-state index contributed by atoms with van der Waals surface area (Å²) in [4.78, 5) is -0.190. The molecule has 1 fully saturated rings. The van der Waals surface area contributed by atoms with Crippen molar-refractivity contribution in [3.63, 3.8) is 0 Å². The smallest absolute Gasteiger partial charge is 0.246 e. The van der Waals surface area contributed by atoms with E-state index in [9.17, 15) is 12.8 Å². The summed E-state index contributed by atoms with van der Waals surface area (Å²) in [6, 6.07) is 6.39. The number of benzene rings is 1. The van der Waals surface area contributed by atoms with E-state index in [1.54, 1.807) is 19.2 Å². The molecule has 136 valence electrons. The standard InChI is InChI=1S/C18H24FN3O2S/c1-3-11-22-17(7-10-20-22)15-8-12-21(13-9-15)25(23,24)18-14(2)5-4-6-16(18)19/h4-7,10,15H,3,8-9,11-13H2,1-2H3. The molecule has 1 aromatic heterocycles. The quantitative estimate of drug-likeness (QED) is 0.817. The van der Waals surface area contributed by atoms with Crippen molar-refractivity contribution >= 4 is 10.0 Å². The van der Waals surface area contributed by atoms with Crippen LogP contribution in [0, 0.1) is 12.7 Å². The number of hydrogen-bond acceptors (Lipinski definition) is 3. The minimum absolute atomic E-state index is 0.190. The molecule has 2 aromatic rings. The normalized spacial score (nSPS) is 17.1. The Hall–Kier alpha value is -1.73. The molecule has 0 spiro atoms. The van der Waals surface area contributed by atoms with Crippen LogP contribution in [0.15, 0.2) is 35.4 Å². The van der Waals surface area contributed by atoms with Crippen molar-refractivity contribution in [1.82, 2.24) is 14.1 Å². The summed E-state index contributed by atoms with van der Waals surface area (Å²) in [5, 5.41) is 4.35. The van der Waals surface area contributed by atoms with E-state index >= 15 is 0 Å². The van der Waals surface area contributed by atoms with E-state index in [0.717, 1.165) is 25.8 Å². The van der Waals surface area contributed by atoms with Gasteiger partial charge in [0.15, 0.2) is 0 Å². The van der Waals surface area contributed by atoms with Crippen LogP contribution in [0.5, 0.6) is 0 Å². The summed E-state index contributed by atoms with van der Waals surface area (Å²) in [7, 11) is -3.80. The van der Waals surface area contributed by atoms with Gasteiger partial charge in [-0.3, -0.25) is 4.68 Å². The van der Waals surface area contributed by atoms with Crippen molar-refractivity contribution in [2.24, 2.45) is 0 Å². The molecular formula is C18H24FN3O2S. The molecule has 1 aromatic carbocycles. The molecule has 0 unspecified atom stereocenters. The Bertz CT molecular complexity index is 820. The van der Waals surface area contributed by atoms with Gasteiger partial charge in [0.2, 0.25) is 10.0 Å². The first-order valence-electron chi connectivity index (χ1n) is 8.72. The van der Waals surface area contributed by atoms with Gasteiger partial charge in [-0.2, -0.15) is 9.40 Å². The average molecular weight is 365 g/mol. The molecule has 25 heavy (non-hydrogen) atoms. The Morgan fingerprint density at radius 3 is 2.60 bits per heavy atom. The van der Waals surface area contributed by atoms with E-state index in [4.69, 9.17) is 0 Å². The number of rotatable bonds is 5. The van der Waals surface area contributed by atoms with Crippen molar-refractivity contribution in [1.29, 1.82) is 0 Å². The monoisotopic (exact) mass is 365 g/mol. The second kappa shape index (κ2) is 7.25. The minimum atomic E-state index is -3.80. The zero-order valence-electron chi connectivity index (χ0n) is 14.7. The summed E-state index contributed by atoms with van der Waals surface area (Å²) in [5.41, 5.74) is 1.61. The minimum Gasteiger partial charge on any atom is -0.269 e. The highest BCUT2D eigenvalue weighted by atomic mass is 32.2. The molecule has 1 aliphatic rings. The van der Waals surface area contributed by atoms with Gasteiger partial charge in [0, 0.05) is 37.4 Å². The number of hydrogen-bond donors (Lipinski definition) is 0. The summed E-state index contributed by atoms with van der Waals surface area (Å²) in [6.45, 7) is 5.41. The first kappa shape index (κ1) is 18.1. The Labute approximate surface area is 148 Å². The fourth-order valence-corrected chi connectivity index (χ4v) is 5.29. The largest absolute Gasteiger partial charge is 0.269 e. The van der Waals surface area contributed by atoms with E-state index < -0.39 is 15.8 Å². The van der Waals surface area contributed by atoms with Crippen LogP contribution in [0.3, 0.4) is 0 Å². The molecule has 3 rings (SSSR count). The fourth-order valence-electron chi connectivity index (χ4n) is 3.55. The lowest BCUT2D eigenvalue weighted by Gasteiger charge is -2.31. The molecule has 2 heterocycles. The Morgan fingerprint density at radius 2 is 1.96 bits per heavy atom. The maximum absolute atomic E-state index is 14.1. The molecule has 5 nitrogen and oxygen atoms in total. The topological polar surface area (TPSA) is 55.2 Å². The lowest BCUT2D eigenvalue weighted by atomic mass is 9.94. The summed E-state index contributed by atoms with van der Waals surface area (Å²) in [5.74, 6) is -0.384. The lowest BCUT2D eigenvalue weighted by Crippen LogP contribution is -2.38. The van der Waals surface area contributed by atoms with Gasteiger partial charge >= 0.3 is 0 Å². The summed E-state index contributed by atoms with van der Waals surface area (Å²) in [6.07, 6.45) is 4.26. The van der Waals surface area contributed by atoms with Crippen molar-refractivity contribution in [2.75, 3.05) is 13.1 Å². The number of piperidine rings is 1. The second-order valence-electron chi connectivity index (χ2n) is 6.54. The van der Waals surface area contributed by atoms with Crippen molar-refractivity contribution in [2.45, 2.75) is 50.5 Å². The van der Waals surface area contributed by atoms with Gasteiger partial charge < -0.3 is 0 Å². The fraction of sp³-hybridized carbons (Fsp3) is 0.500. The van der Waals surface area contributed by atoms with Crippen molar-refractivity contribution in [3.8, 4) is 0 Å². The van der Waals surface area contributed by atoms with Crippen LogP contribution >= 0.6 is 0 Å². The molecule has 0 atom stereocenters. The average Bonchev–Trinajstić information content (AvgIpc) is 3.03. The van der Waals surface area contributed by atoms with Crippen molar-refractivity contribution in [3.05, 3.63) is 47.5 Å². The van der Waals surface area contributed by atoms with Crippen LogP contribution in [0.2, 0.25) is 0 Å². The lowest BCUT2D eigenvalue weighted by molar-refractivity contribution is 0.309. The molecular weight excluding hydrogens is 341 g/mol. The Kier molecular flexibility index (Phi) is 5.24. The molecule has 7 heteroatoms. The molecule has 0 radical (unpaired) electrons. The predicted octanol–water partition coefficient (Wildman–Crippen LogP) is 3.31. The van der Waals surface area contributed by atoms with E-state index in [0.29, 0.717) is 24.6 Å². The van der Waals surface area contributed by atoms with Gasteiger partial charge in [-0.25, -0.2) is 12.8 Å². The summed E-state index contributed by atoms with van der Waals surface area (Å²) < 4.78 is 43.3. The van der Waals surface area contributed by atoms with Gasteiger partial charge in [-0.15, -0.1) is 0 Å². The number of aryl methyl sites for hydroxylation is 2. The number of halogens is 1. The molecule has 1 saturated heterocycles. The van der Waals surface area contributed by atoms with Crippen molar-refractivity contribution < 1.29 is 12.8 Å². The molecule has 0 aliphatic carbocycles. The first-order valence-corrected chi connectivity index (χ1v) is 10.2. The third-order valence-electron chi connectivity index (χ3n) is 4.82. The zero-order chi connectivity index (χ0) is 18.0. The number of sulfonamides is 1. The van der Waals surface area contributed by atoms with E-state index in [1.807, 2.05) is 10.7 Å². The zero-order valence-corrected chi connectivity index (χ0v) is 15.5. The highest BCUT2D eigenvalue weighted by Gasteiger charge is 2.33. The van der Waals surface area contributed by atoms with E-state index in [1.165, 1.54) is 22.1 Å². The SMILES string of the molecule is CCCn1nccc1C1CCN(S(=O)(=O)c2c(C)cccc2F)CC1. The van der Waals surface area contributed by atoms with Crippen LogP contribution < -0.4 is 0 Å². The molecule has 0 saturated carbocycles. The second-order valence-corrected chi connectivity index (χ2v) is 8.42. The Balaban J connectivity index is 1.77. The molecule has 0 N–H and O–H groups in total. The third kappa shape index (κ3) is 3.48. The first-order chi connectivity index (χ1) is 11.9. The Morgan fingerprint density at radius 1 is 1.24 bits per heavy atom. The maximum Gasteiger partial charge on any atom is 0.246 e. The van der Waals surface area contributed by atoms with Crippen LogP contribution in [-0.4, -0.2) is 35.6 Å². The highest BCUT2D eigenvalue weighted by molar-refractivity contribution is 7.89. The van der Waals surface area contributed by atoms with Gasteiger partial charge in [0.25, 0.3) is 0 Å². The maximum atomic E-state index is 14.1. The predicted molar refractivity (Wildman–Crippen MR) is 94.4 cm³/mol. The van der Waals surface area contributed by atoms with Crippen LogP contribution in [0.1, 0.15) is 43.4 Å². The molecule has 0 bridgehead atoms. The highest BCUT2D eigenvalue weighted by Crippen LogP contribution is 2.32. The van der Waals surface area contributed by atoms with Gasteiger partial charge in [-0.1, -0.05) is 19.1 Å². The van der Waals surface area contributed by atoms with E-state index in [2.05, 4.69) is 12.0 Å². The van der Waals surface area contributed by atoms with Gasteiger partial charge in [0.1, 0.15) is 10.7 Å². The summed E-state index contributed by atoms with van der Waals surface area (Å²) >= 11 is 0. The van der Waals surface area contributed by atoms with Crippen LogP contribution in [0.25, 0.3) is 0 Å². The number of nitrogens with zero attached hydrogens (tertiary/aromatic N) is 3. The third-order valence-corrected chi connectivity index (χ3v) is 6.90. The number of aromatic nitrogens is 2.